The zero-order chi connectivity index (χ0) is 17.7. The van der Waals surface area contributed by atoms with Gasteiger partial charge in [-0.15, -0.1) is 0 Å². The van der Waals surface area contributed by atoms with Crippen LogP contribution in [0.15, 0.2) is 0 Å². The summed E-state index contributed by atoms with van der Waals surface area (Å²) < 4.78 is 0.749. The van der Waals surface area contributed by atoms with Gasteiger partial charge in [-0.1, -0.05) is 0 Å². The minimum atomic E-state index is -3.07. The van der Waals surface area contributed by atoms with Gasteiger partial charge in [-0.3, -0.25) is 0 Å². The minimum absolute atomic E-state index is 0.187. The van der Waals surface area contributed by atoms with Crippen LogP contribution in [0.5, 0.6) is 0 Å². The molecular formula is C16H36Cl2SSn2. The van der Waals surface area contributed by atoms with E-state index in [2.05, 4.69) is 89.2 Å². The third-order valence-electron chi connectivity index (χ3n) is 4.14. The fourth-order valence-corrected chi connectivity index (χ4v) is 161. The summed E-state index contributed by atoms with van der Waals surface area (Å²) >= 11 is -6.14. The first-order valence-electron chi connectivity index (χ1n) is 7.79. The van der Waals surface area contributed by atoms with E-state index in [0.717, 1.165) is 0 Å². The Morgan fingerprint density at radius 3 is 0.714 bits per heavy atom. The van der Waals surface area contributed by atoms with Gasteiger partial charge in [0.1, 0.15) is 0 Å². The molecular weight excluding hydrogens is 533 g/mol. The van der Waals surface area contributed by atoms with Crippen LogP contribution in [0.4, 0.5) is 0 Å². The van der Waals surface area contributed by atoms with Crippen molar-refractivity contribution in [3.8, 4) is 0 Å². The molecule has 0 heterocycles. The summed E-state index contributed by atoms with van der Waals surface area (Å²) in [6.45, 7) is 28.0. The van der Waals surface area contributed by atoms with Crippen molar-refractivity contribution >= 4 is 55.7 Å². The van der Waals surface area contributed by atoms with Crippen molar-refractivity contribution in [2.24, 2.45) is 0 Å². The number of halogens is 2. The Kier molecular flexibility index (Phi) is 7.49. The quantitative estimate of drug-likeness (QED) is 0.302. The standard InChI is InChI=1S/4C4H9.2ClH.S.2Sn/c4*1-4(2)3;;;;;/h4*1-3H3;2*1H;;;/q;;;;;;;2*+1/p-2. The third kappa shape index (κ3) is 4.79. The van der Waals surface area contributed by atoms with Crippen molar-refractivity contribution in [1.29, 1.82) is 0 Å². The van der Waals surface area contributed by atoms with Crippen LogP contribution in [-0.4, -0.2) is 31.7 Å². The molecule has 0 unspecified atom stereocenters. The van der Waals surface area contributed by atoms with Gasteiger partial charge in [-0.05, 0) is 0 Å². The first-order valence-corrected chi connectivity index (χ1v) is 28.5. The Labute approximate surface area is 151 Å². The first-order chi connectivity index (χ1) is 8.71. The molecule has 0 fully saturated rings. The van der Waals surface area contributed by atoms with E-state index in [1.807, 2.05) is 0 Å². The summed E-state index contributed by atoms with van der Waals surface area (Å²) in [5.41, 5.74) is 0. The zero-order valence-electron chi connectivity index (χ0n) is 16.2. The second-order valence-electron chi connectivity index (χ2n) is 10.3. The zero-order valence-corrected chi connectivity index (χ0v) is 24.2. The van der Waals surface area contributed by atoms with Gasteiger partial charge in [0.15, 0.2) is 0 Å². The van der Waals surface area contributed by atoms with Crippen LogP contribution >= 0.6 is 24.0 Å². The molecule has 0 atom stereocenters. The van der Waals surface area contributed by atoms with Crippen molar-refractivity contribution in [3.63, 3.8) is 0 Å². The fraction of sp³-hybridized carbons (Fsp3) is 1.00. The second kappa shape index (κ2) is 6.68. The molecule has 0 N–H and O–H groups in total. The normalized spacial score (nSPS) is 16.3. The van der Waals surface area contributed by atoms with Gasteiger partial charge in [0, 0.05) is 0 Å². The Bertz CT molecular complexity index is 304. The molecule has 0 nitrogen and oxygen atoms in total. The summed E-state index contributed by atoms with van der Waals surface area (Å²) in [6.07, 6.45) is 2.17. The van der Waals surface area contributed by atoms with Crippen molar-refractivity contribution in [2.75, 3.05) is 0 Å². The topological polar surface area (TPSA) is 0 Å². The summed E-state index contributed by atoms with van der Waals surface area (Å²) in [6, 6.07) is 0. The fourth-order valence-electron chi connectivity index (χ4n) is 3.06. The van der Waals surface area contributed by atoms with Crippen LogP contribution in [0.3, 0.4) is 0 Å². The van der Waals surface area contributed by atoms with E-state index in [1.54, 1.807) is 0 Å². The molecule has 0 spiro atoms. The Morgan fingerprint density at radius 1 is 0.476 bits per heavy atom. The van der Waals surface area contributed by atoms with Gasteiger partial charge in [-0.2, -0.15) is 0 Å². The average Bonchev–Trinajstić information content (AvgIpc) is 2.09. The molecule has 0 saturated carbocycles. The van der Waals surface area contributed by atoms with Crippen LogP contribution in [-0.2, 0) is 0 Å². The second-order valence-corrected chi connectivity index (χ2v) is 66.7. The van der Waals surface area contributed by atoms with Crippen LogP contribution in [0.25, 0.3) is 0 Å². The van der Waals surface area contributed by atoms with Crippen molar-refractivity contribution in [2.45, 2.75) is 96.8 Å². The van der Waals surface area contributed by atoms with Gasteiger partial charge < -0.3 is 0 Å². The molecule has 0 radical (unpaired) electrons. The molecule has 0 aromatic rings. The van der Waals surface area contributed by atoms with Gasteiger partial charge in [0.25, 0.3) is 0 Å². The molecule has 0 aliphatic heterocycles. The van der Waals surface area contributed by atoms with E-state index in [1.165, 1.54) is 0 Å². The molecule has 128 valence electrons. The van der Waals surface area contributed by atoms with Crippen LogP contribution in [0.2, 0.25) is 13.7 Å². The molecule has 0 bridgehead atoms. The summed E-state index contributed by atoms with van der Waals surface area (Å²) in [4.78, 5) is 0. The summed E-state index contributed by atoms with van der Waals surface area (Å²) in [7, 11) is 15.1. The Morgan fingerprint density at radius 2 is 0.619 bits per heavy atom. The van der Waals surface area contributed by atoms with E-state index in [4.69, 9.17) is 17.8 Å². The van der Waals surface area contributed by atoms with Crippen LogP contribution in [0, 0.1) is 0 Å². The van der Waals surface area contributed by atoms with Gasteiger partial charge in [0.05, 0.1) is 0 Å². The van der Waals surface area contributed by atoms with E-state index in [-0.39, 0.29) is 13.7 Å². The Hall–Kier alpha value is 2.53. The van der Waals surface area contributed by atoms with Gasteiger partial charge in [-0.25, -0.2) is 0 Å². The molecule has 0 rings (SSSR count). The average molecular weight is 569 g/mol. The molecule has 21 heavy (non-hydrogen) atoms. The molecule has 0 aromatic carbocycles. The van der Waals surface area contributed by atoms with E-state index in [9.17, 15) is 0 Å². The van der Waals surface area contributed by atoms with Gasteiger partial charge in [0.2, 0.25) is 0 Å². The maximum absolute atomic E-state index is 7.53. The molecule has 0 amide bonds. The molecule has 5 heteroatoms. The SMILES string of the molecule is C[C](C)(C)[Sn]([Cl])([S][Sn]([Cl])([C](C)(C)C)[C](C)(C)C)[C](C)(C)C. The summed E-state index contributed by atoms with van der Waals surface area (Å²) in [5, 5.41) is 0. The van der Waals surface area contributed by atoms with Crippen molar-refractivity contribution in [3.05, 3.63) is 0 Å². The van der Waals surface area contributed by atoms with Gasteiger partial charge >= 0.3 is 153 Å². The third-order valence-corrected chi connectivity index (χ3v) is 116. The number of hydrogen-bond donors (Lipinski definition) is 0. The Balaban J connectivity index is 6.15. The molecule has 0 aliphatic carbocycles. The van der Waals surface area contributed by atoms with Crippen LogP contribution in [0.1, 0.15) is 83.1 Å². The number of rotatable bonds is 2. The summed E-state index contributed by atoms with van der Waals surface area (Å²) in [5.74, 6) is 0. The predicted octanol–water partition coefficient (Wildman–Crippen LogP) is 8.28. The molecule has 0 aliphatic rings. The molecule has 0 saturated heterocycles. The first kappa shape index (κ1) is 23.5. The van der Waals surface area contributed by atoms with Crippen LogP contribution < -0.4 is 0 Å². The van der Waals surface area contributed by atoms with Crippen molar-refractivity contribution < 1.29 is 0 Å². The predicted molar refractivity (Wildman–Crippen MR) is 110 cm³/mol. The van der Waals surface area contributed by atoms with E-state index in [0.29, 0.717) is 0 Å². The maximum atomic E-state index is 7.53. The molecule has 0 aromatic heterocycles. The monoisotopic (exact) mass is 570 g/mol. The van der Waals surface area contributed by atoms with E-state index < -0.39 is 31.7 Å². The van der Waals surface area contributed by atoms with E-state index >= 15 is 0 Å². The number of hydrogen-bond acceptors (Lipinski definition) is 1. The van der Waals surface area contributed by atoms with Crippen molar-refractivity contribution in [1.82, 2.24) is 0 Å².